The quantitative estimate of drug-likeness (QED) is 0.434. The molecule has 32 heavy (non-hydrogen) atoms. The zero-order valence-electron chi connectivity index (χ0n) is 20.6. The van der Waals surface area contributed by atoms with Crippen LogP contribution >= 0.6 is 11.6 Å². The molecule has 4 rings (SSSR count). The molecule has 2 aromatic rings. The van der Waals surface area contributed by atoms with Crippen LogP contribution in [0, 0.1) is 5.92 Å². The van der Waals surface area contributed by atoms with Crippen LogP contribution in [0.3, 0.4) is 0 Å². The SMILES string of the molecule is COC(=O)c1c(Cl)c(-c2cc(C(C)(C)C)cc(C3(C)CC3)c2)c(CC2CCCCC2)n1C. The third-order valence-electron chi connectivity index (χ3n) is 7.83. The summed E-state index contributed by atoms with van der Waals surface area (Å²) in [6.45, 7) is 9.15. The molecule has 1 aromatic heterocycles. The van der Waals surface area contributed by atoms with E-state index in [4.69, 9.17) is 16.3 Å². The second-order valence-corrected chi connectivity index (χ2v) is 11.7. The van der Waals surface area contributed by atoms with Crippen molar-refractivity contribution in [2.75, 3.05) is 7.11 Å². The summed E-state index contributed by atoms with van der Waals surface area (Å²) in [5, 5.41) is 0.531. The number of methoxy groups -OCH3 is 1. The van der Waals surface area contributed by atoms with Gasteiger partial charge in [0, 0.05) is 18.3 Å². The number of benzene rings is 1. The Morgan fingerprint density at radius 1 is 1.16 bits per heavy atom. The van der Waals surface area contributed by atoms with Gasteiger partial charge in [-0.3, -0.25) is 0 Å². The van der Waals surface area contributed by atoms with Gasteiger partial charge < -0.3 is 9.30 Å². The van der Waals surface area contributed by atoms with Crippen molar-refractivity contribution >= 4 is 17.6 Å². The summed E-state index contributed by atoms with van der Waals surface area (Å²) in [7, 11) is 3.40. The number of hydrogen-bond acceptors (Lipinski definition) is 2. The highest BCUT2D eigenvalue weighted by Crippen LogP contribution is 2.50. The lowest BCUT2D eigenvalue weighted by atomic mass is 9.81. The lowest BCUT2D eigenvalue weighted by Gasteiger charge is -2.25. The molecule has 0 N–H and O–H groups in total. The van der Waals surface area contributed by atoms with Crippen molar-refractivity contribution in [3.8, 4) is 11.1 Å². The number of hydrogen-bond donors (Lipinski definition) is 0. The van der Waals surface area contributed by atoms with Gasteiger partial charge in [-0.15, -0.1) is 0 Å². The number of ether oxygens (including phenoxy) is 1. The Hall–Kier alpha value is -1.74. The molecule has 2 aliphatic carbocycles. The normalized spacial score (nSPS) is 18.6. The van der Waals surface area contributed by atoms with Gasteiger partial charge in [0.25, 0.3) is 0 Å². The molecule has 1 aromatic carbocycles. The molecular formula is C28H38ClNO2. The number of nitrogens with zero attached hydrogens (tertiary/aromatic N) is 1. The first-order chi connectivity index (χ1) is 15.0. The number of esters is 1. The van der Waals surface area contributed by atoms with Gasteiger partial charge in [-0.2, -0.15) is 0 Å². The molecule has 0 radical (unpaired) electrons. The second-order valence-electron chi connectivity index (χ2n) is 11.4. The summed E-state index contributed by atoms with van der Waals surface area (Å²) in [6.07, 6.45) is 9.83. The molecule has 0 saturated heterocycles. The third kappa shape index (κ3) is 4.38. The zero-order valence-corrected chi connectivity index (χ0v) is 21.4. The molecule has 1 heterocycles. The molecule has 0 atom stereocenters. The molecule has 2 fully saturated rings. The van der Waals surface area contributed by atoms with Crippen LogP contribution in [0.4, 0.5) is 0 Å². The van der Waals surface area contributed by atoms with Crippen LogP contribution in [0.5, 0.6) is 0 Å². The maximum absolute atomic E-state index is 12.7. The van der Waals surface area contributed by atoms with Crippen LogP contribution in [-0.4, -0.2) is 17.6 Å². The summed E-state index contributed by atoms with van der Waals surface area (Å²) >= 11 is 6.99. The van der Waals surface area contributed by atoms with Crippen LogP contribution in [0.2, 0.25) is 5.02 Å². The summed E-state index contributed by atoms with van der Waals surface area (Å²) in [6, 6.07) is 7.01. The minimum atomic E-state index is -0.366. The molecule has 0 spiro atoms. The van der Waals surface area contributed by atoms with E-state index in [1.165, 1.54) is 68.9 Å². The van der Waals surface area contributed by atoms with Gasteiger partial charge in [0.1, 0.15) is 5.69 Å². The predicted octanol–water partition coefficient (Wildman–Crippen LogP) is 7.60. The standard InChI is InChI=1S/C28H38ClNO2/c1-27(2,3)20-15-19(16-21(17-20)28(4)12-13-28)23-22(14-18-10-8-7-9-11-18)30(5)25(24(23)29)26(31)32-6/h15-18H,7-14H2,1-6H3. The second kappa shape index (κ2) is 8.56. The highest BCUT2D eigenvalue weighted by Gasteiger charge is 2.40. The third-order valence-corrected chi connectivity index (χ3v) is 8.19. The van der Waals surface area contributed by atoms with Crippen molar-refractivity contribution < 1.29 is 9.53 Å². The average molecular weight is 456 g/mol. The maximum Gasteiger partial charge on any atom is 0.356 e. The minimum absolute atomic E-state index is 0.0337. The zero-order chi connectivity index (χ0) is 23.3. The van der Waals surface area contributed by atoms with Crippen LogP contribution in [0.25, 0.3) is 11.1 Å². The number of carbonyl (C=O) groups excluding carboxylic acids is 1. The van der Waals surface area contributed by atoms with Gasteiger partial charge in [-0.1, -0.05) is 89.6 Å². The summed E-state index contributed by atoms with van der Waals surface area (Å²) in [4.78, 5) is 12.7. The van der Waals surface area contributed by atoms with E-state index in [-0.39, 0.29) is 16.8 Å². The van der Waals surface area contributed by atoms with Crippen LogP contribution in [0.15, 0.2) is 18.2 Å². The number of aromatic nitrogens is 1. The molecule has 0 amide bonds. The molecule has 3 nitrogen and oxygen atoms in total. The Morgan fingerprint density at radius 2 is 1.81 bits per heavy atom. The van der Waals surface area contributed by atoms with E-state index < -0.39 is 0 Å². The van der Waals surface area contributed by atoms with Crippen LogP contribution in [0.1, 0.15) is 99.9 Å². The Kier molecular flexibility index (Phi) is 6.26. The summed E-state index contributed by atoms with van der Waals surface area (Å²) in [5.41, 5.74) is 6.80. The van der Waals surface area contributed by atoms with E-state index in [1.54, 1.807) is 0 Å². The first-order valence-electron chi connectivity index (χ1n) is 12.2. The summed E-state index contributed by atoms with van der Waals surface area (Å²) < 4.78 is 7.11. The van der Waals surface area contributed by atoms with Crippen molar-refractivity contribution in [3.63, 3.8) is 0 Å². The maximum atomic E-state index is 12.7. The molecule has 0 unspecified atom stereocenters. The first-order valence-corrected chi connectivity index (χ1v) is 12.5. The number of rotatable bonds is 5. The molecule has 174 valence electrons. The fourth-order valence-corrected chi connectivity index (χ4v) is 5.67. The van der Waals surface area contributed by atoms with Crippen molar-refractivity contribution in [3.05, 3.63) is 45.7 Å². The van der Waals surface area contributed by atoms with Gasteiger partial charge in [0.15, 0.2) is 0 Å². The van der Waals surface area contributed by atoms with E-state index >= 15 is 0 Å². The van der Waals surface area contributed by atoms with Crippen molar-refractivity contribution in [1.82, 2.24) is 4.57 Å². The van der Waals surface area contributed by atoms with E-state index in [1.807, 2.05) is 11.6 Å². The lowest BCUT2D eigenvalue weighted by molar-refractivity contribution is 0.0589. The van der Waals surface area contributed by atoms with Gasteiger partial charge >= 0.3 is 5.97 Å². The van der Waals surface area contributed by atoms with Crippen LogP contribution < -0.4 is 0 Å². The van der Waals surface area contributed by atoms with Gasteiger partial charge in [-0.05, 0) is 52.7 Å². The van der Waals surface area contributed by atoms with E-state index in [0.717, 1.165) is 17.5 Å². The average Bonchev–Trinajstić information content (AvgIpc) is 3.46. The van der Waals surface area contributed by atoms with E-state index in [9.17, 15) is 4.79 Å². The van der Waals surface area contributed by atoms with E-state index in [2.05, 4.69) is 45.9 Å². The smallest absolute Gasteiger partial charge is 0.356 e. The molecular weight excluding hydrogens is 418 g/mol. The van der Waals surface area contributed by atoms with Gasteiger partial charge in [-0.25, -0.2) is 4.79 Å². The number of halogens is 1. The highest BCUT2D eigenvalue weighted by atomic mass is 35.5. The van der Waals surface area contributed by atoms with Crippen LogP contribution in [-0.2, 0) is 29.0 Å². The molecule has 4 heteroatoms. The topological polar surface area (TPSA) is 31.2 Å². The van der Waals surface area contributed by atoms with Crippen molar-refractivity contribution in [2.24, 2.45) is 13.0 Å². The molecule has 2 aliphatic rings. The Morgan fingerprint density at radius 3 is 2.38 bits per heavy atom. The number of carbonyl (C=O) groups is 1. The Bertz CT molecular complexity index is 994. The van der Waals surface area contributed by atoms with Crippen molar-refractivity contribution in [2.45, 2.75) is 89.9 Å². The first kappa shape index (κ1) is 23.4. The molecule has 2 saturated carbocycles. The largest absolute Gasteiger partial charge is 0.464 e. The molecule has 0 aliphatic heterocycles. The fourth-order valence-electron chi connectivity index (χ4n) is 5.24. The van der Waals surface area contributed by atoms with Crippen molar-refractivity contribution in [1.29, 1.82) is 0 Å². The fraction of sp³-hybridized carbons (Fsp3) is 0.607. The summed E-state index contributed by atoms with van der Waals surface area (Å²) in [5.74, 6) is 0.277. The van der Waals surface area contributed by atoms with Gasteiger partial charge in [0.2, 0.25) is 0 Å². The highest BCUT2D eigenvalue weighted by molar-refractivity contribution is 6.36. The monoisotopic (exact) mass is 455 g/mol. The minimum Gasteiger partial charge on any atom is -0.464 e. The Balaban J connectivity index is 1.91. The Labute approximate surface area is 198 Å². The van der Waals surface area contributed by atoms with E-state index in [0.29, 0.717) is 16.6 Å². The predicted molar refractivity (Wildman–Crippen MR) is 133 cm³/mol. The molecule has 0 bridgehead atoms. The lowest BCUT2D eigenvalue weighted by Crippen LogP contribution is -2.15. The van der Waals surface area contributed by atoms with Gasteiger partial charge in [0.05, 0.1) is 12.1 Å².